The molecule has 0 spiro atoms. The number of hydrogen-bond donors (Lipinski definition) is 0. The highest BCUT2D eigenvalue weighted by atomic mass is 16.4. The Morgan fingerprint density at radius 1 is 1.30 bits per heavy atom. The van der Waals surface area contributed by atoms with E-state index >= 15 is 0 Å². The minimum Gasteiger partial charge on any atom is -0.568 e. The van der Waals surface area contributed by atoms with Crippen molar-refractivity contribution in [1.82, 2.24) is 0 Å². The summed E-state index contributed by atoms with van der Waals surface area (Å²) in [6.07, 6.45) is 0. The molecule has 2 heteroatoms. The Kier molecular flexibility index (Phi) is 2.00. The molecule has 52 valence electrons. The molecule has 0 saturated carbocycles. The molecular formula is C8H11BO. The second kappa shape index (κ2) is 2.78. The van der Waals surface area contributed by atoms with E-state index in [1.54, 1.807) is 8.05 Å². The molecule has 0 heterocycles. The Balaban J connectivity index is 3.14. The monoisotopic (exact) mass is 134 g/mol. The second-order valence-corrected chi connectivity index (χ2v) is 2.40. The van der Waals surface area contributed by atoms with Gasteiger partial charge in [-0.25, -0.2) is 0 Å². The number of hydrogen-bond acceptors (Lipinski definition) is 1. The van der Waals surface area contributed by atoms with Crippen molar-refractivity contribution in [2.45, 2.75) is 13.8 Å². The lowest BCUT2D eigenvalue weighted by Crippen LogP contribution is -1.89. The van der Waals surface area contributed by atoms with Crippen LogP contribution in [0.1, 0.15) is 11.1 Å². The fourth-order valence-corrected chi connectivity index (χ4v) is 0.945. The van der Waals surface area contributed by atoms with Crippen LogP contribution in [0, 0.1) is 13.8 Å². The predicted molar refractivity (Wildman–Crippen MR) is 45.1 cm³/mol. The molecule has 0 fully saturated rings. The molecule has 0 N–H and O–H groups in total. The van der Waals surface area contributed by atoms with Crippen LogP contribution >= 0.6 is 0 Å². The van der Waals surface area contributed by atoms with Crippen LogP contribution in [-0.4, -0.2) is 8.05 Å². The van der Waals surface area contributed by atoms with Gasteiger partial charge in [0.1, 0.15) is 5.75 Å². The van der Waals surface area contributed by atoms with Gasteiger partial charge in [0.15, 0.2) is 0 Å². The smallest absolute Gasteiger partial charge is 0.322 e. The normalized spacial score (nSPS) is 9.40. The van der Waals surface area contributed by atoms with E-state index in [1.165, 1.54) is 11.1 Å². The van der Waals surface area contributed by atoms with Crippen LogP contribution in [0.3, 0.4) is 0 Å². The van der Waals surface area contributed by atoms with Gasteiger partial charge in [-0.05, 0) is 31.0 Å². The van der Waals surface area contributed by atoms with Crippen LogP contribution in [-0.2, 0) is 0 Å². The van der Waals surface area contributed by atoms with E-state index in [0.29, 0.717) is 0 Å². The molecule has 0 radical (unpaired) electrons. The molecule has 1 aromatic carbocycles. The van der Waals surface area contributed by atoms with E-state index in [2.05, 4.69) is 19.9 Å². The Bertz CT molecular complexity index is 233. The van der Waals surface area contributed by atoms with Crippen molar-refractivity contribution < 1.29 is 4.65 Å². The molecule has 10 heavy (non-hydrogen) atoms. The van der Waals surface area contributed by atoms with Crippen LogP contribution < -0.4 is 4.65 Å². The van der Waals surface area contributed by atoms with Crippen LogP contribution in [0.5, 0.6) is 5.75 Å². The summed E-state index contributed by atoms with van der Waals surface area (Å²) in [6.45, 7) is 4.14. The zero-order chi connectivity index (χ0) is 7.56. The molecule has 0 aliphatic carbocycles. The molecule has 1 aromatic rings. The maximum absolute atomic E-state index is 5.13. The van der Waals surface area contributed by atoms with E-state index < -0.39 is 0 Å². The van der Waals surface area contributed by atoms with Gasteiger partial charge in [-0.1, -0.05) is 12.1 Å². The standard InChI is InChI=1S/C8H11BO/c1-6-4-3-5-8(10-9)7(6)2/h3-5H,9H2,1-2H3. The summed E-state index contributed by atoms with van der Waals surface area (Å²) in [5, 5.41) is 0. The van der Waals surface area contributed by atoms with E-state index in [1.807, 2.05) is 12.1 Å². The molecule has 0 aliphatic rings. The Morgan fingerprint density at radius 2 is 2.00 bits per heavy atom. The fourth-order valence-electron chi connectivity index (χ4n) is 0.945. The highest BCUT2D eigenvalue weighted by Gasteiger charge is 1.96. The maximum Gasteiger partial charge on any atom is 0.322 e. The minimum atomic E-state index is 0.972. The van der Waals surface area contributed by atoms with Crippen LogP contribution in [0.2, 0.25) is 0 Å². The number of rotatable bonds is 1. The highest BCUT2D eigenvalue weighted by molar-refractivity contribution is 6.00. The third-order valence-electron chi connectivity index (χ3n) is 1.77. The molecule has 0 amide bonds. The van der Waals surface area contributed by atoms with Gasteiger partial charge in [0.2, 0.25) is 0 Å². The van der Waals surface area contributed by atoms with Crippen molar-refractivity contribution in [2.24, 2.45) is 0 Å². The first-order valence-electron chi connectivity index (χ1n) is 3.36. The van der Waals surface area contributed by atoms with Crippen molar-refractivity contribution in [1.29, 1.82) is 0 Å². The van der Waals surface area contributed by atoms with Crippen molar-refractivity contribution >= 4 is 8.05 Å². The van der Waals surface area contributed by atoms with Gasteiger partial charge < -0.3 is 4.65 Å². The van der Waals surface area contributed by atoms with E-state index in [-0.39, 0.29) is 0 Å². The predicted octanol–water partition coefficient (Wildman–Crippen LogP) is 1.23. The maximum atomic E-state index is 5.13. The summed E-state index contributed by atoms with van der Waals surface area (Å²) in [7, 11) is 1.70. The first-order valence-corrected chi connectivity index (χ1v) is 3.36. The lowest BCUT2D eigenvalue weighted by atomic mass is 10.1. The van der Waals surface area contributed by atoms with Crippen LogP contribution in [0.25, 0.3) is 0 Å². The molecule has 0 aromatic heterocycles. The van der Waals surface area contributed by atoms with Crippen LogP contribution in [0.4, 0.5) is 0 Å². The number of aryl methyl sites for hydroxylation is 1. The average Bonchev–Trinajstić information content (AvgIpc) is 1.95. The third kappa shape index (κ3) is 1.15. The van der Waals surface area contributed by atoms with E-state index in [0.717, 1.165) is 5.75 Å². The fraction of sp³-hybridized carbons (Fsp3) is 0.250. The van der Waals surface area contributed by atoms with Gasteiger partial charge in [0, 0.05) is 0 Å². The largest absolute Gasteiger partial charge is 0.568 e. The first kappa shape index (κ1) is 7.20. The second-order valence-electron chi connectivity index (χ2n) is 2.40. The molecular weight excluding hydrogens is 123 g/mol. The van der Waals surface area contributed by atoms with Gasteiger partial charge in [0.05, 0.1) is 0 Å². The first-order chi connectivity index (χ1) is 4.75. The van der Waals surface area contributed by atoms with Gasteiger partial charge in [-0.2, -0.15) is 0 Å². The SMILES string of the molecule is BOc1cccc(C)c1C. The summed E-state index contributed by atoms with van der Waals surface area (Å²) < 4.78 is 5.13. The summed E-state index contributed by atoms with van der Waals surface area (Å²) in [5.41, 5.74) is 2.50. The van der Waals surface area contributed by atoms with Crippen molar-refractivity contribution in [2.75, 3.05) is 0 Å². The summed E-state index contributed by atoms with van der Waals surface area (Å²) in [6, 6.07) is 6.06. The Labute approximate surface area is 62.5 Å². The molecule has 0 aliphatic heterocycles. The molecule has 0 unspecified atom stereocenters. The lowest BCUT2D eigenvalue weighted by molar-refractivity contribution is 0.609. The quantitative estimate of drug-likeness (QED) is 0.525. The average molecular weight is 134 g/mol. The van der Waals surface area contributed by atoms with E-state index in [4.69, 9.17) is 4.65 Å². The highest BCUT2D eigenvalue weighted by Crippen LogP contribution is 2.19. The van der Waals surface area contributed by atoms with E-state index in [9.17, 15) is 0 Å². The van der Waals surface area contributed by atoms with Crippen molar-refractivity contribution in [3.8, 4) is 5.75 Å². The Morgan fingerprint density at radius 3 is 2.50 bits per heavy atom. The van der Waals surface area contributed by atoms with Crippen LogP contribution in [0.15, 0.2) is 18.2 Å². The Hall–Kier alpha value is -0.915. The van der Waals surface area contributed by atoms with Gasteiger partial charge in [-0.15, -0.1) is 0 Å². The molecule has 1 nitrogen and oxygen atoms in total. The van der Waals surface area contributed by atoms with Gasteiger partial charge in [0.25, 0.3) is 0 Å². The lowest BCUT2D eigenvalue weighted by Gasteiger charge is -2.06. The topological polar surface area (TPSA) is 9.23 Å². The molecule has 0 bridgehead atoms. The summed E-state index contributed by atoms with van der Waals surface area (Å²) >= 11 is 0. The zero-order valence-electron chi connectivity index (χ0n) is 6.64. The molecule has 0 saturated heterocycles. The summed E-state index contributed by atoms with van der Waals surface area (Å²) in [5.74, 6) is 0.972. The number of benzene rings is 1. The molecule has 1 rings (SSSR count). The van der Waals surface area contributed by atoms with Crippen molar-refractivity contribution in [3.63, 3.8) is 0 Å². The van der Waals surface area contributed by atoms with Gasteiger partial charge in [-0.3, -0.25) is 0 Å². The van der Waals surface area contributed by atoms with Crippen molar-refractivity contribution in [3.05, 3.63) is 29.3 Å². The molecule has 0 atom stereocenters. The summed E-state index contributed by atoms with van der Waals surface area (Å²) in [4.78, 5) is 0. The van der Waals surface area contributed by atoms with Gasteiger partial charge >= 0.3 is 8.05 Å². The minimum absolute atomic E-state index is 0.972. The zero-order valence-corrected chi connectivity index (χ0v) is 6.64. The third-order valence-corrected chi connectivity index (χ3v) is 1.77.